The Morgan fingerprint density at radius 1 is 1.41 bits per heavy atom. The fourth-order valence-electron chi connectivity index (χ4n) is 1.52. The Labute approximate surface area is 108 Å². The molecule has 0 radical (unpaired) electrons. The van der Waals surface area contributed by atoms with Gasteiger partial charge in [0.1, 0.15) is 0 Å². The van der Waals surface area contributed by atoms with Crippen LogP contribution in [0.3, 0.4) is 0 Å². The number of carbonyl (C=O) groups is 2. The van der Waals surface area contributed by atoms with E-state index in [4.69, 9.17) is 5.11 Å². The first-order valence-electron chi connectivity index (χ1n) is 5.16. The van der Waals surface area contributed by atoms with Crippen LogP contribution in [0.15, 0.2) is 24.3 Å². The molecule has 0 unspecified atom stereocenters. The number of rotatable bonds is 5. The lowest BCUT2D eigenvalue weighted by Gasteiger charge is -2.07. The summed E-state index contributed by atoms with van der Waals surface area (Å²) in [6, 6.07) is 5.38. The molecule has 0 amide bonds. The van der Waals surface area contributed by atoms with Gasteiger partial charge in [-0.2, -0.15) is 0 Å². The number of halogens is 1. The van der Waals surface area contributed by atoms with Crippen LogP contribution in [0.4, 0.5) is 0 Å². The highest BCUT2D eigenvalue weighted by Gasteiger charge is 2.10. The quantitative estimate of drug-likeness (QED) is 0.516. The summed E-state index contributed by atoms with van der Waals surface area (Å²) in [5.74, 6) is -1.01. The molecule has 0 atom stereocenters. The molecule has 0 aliphatic carbocycles. The molecule has 1 aromatic rings. The molecular weight excluding hydrogens is 284 g/mol. The van der Waals surface area contributed by atoms with Crippen molar-refractivity contribution in [2.24, 2.45) is 0 Å². The van der Waals surface area contributed by atoms with Crippen molar-refractivity contribution in [1.29, 1.82) is 0 Å². The third kappa shape index (κ3) is 3.82. The van der Waals surface area contributed by atoms with Crippen molar-refractivity contribution in [3.05, 3.63) is 41.0 Å². The van der Waals surface area contributed by atoms with E-state index in [-0.39, 0.29) is 5.78 Å². The number of carbonyl (C=O) groups excluding carboxylic acids is 1. The van der Waals surface area contributed by atoms with E-state index in [0.29, 0.717) is 22.9 Å². The second kappa shape index (κ2) is 6.35. The molecule has 0 aromatic heterocycles. The summed E-state index contributed by atoms with van der Waals surface area (Å²) < 4.78 is 0. The minimum atomic E-state index is -1.02. The van der Waals surface area contributed by atoms with Gasteiger partial charge >= 0.3 is 5.97 Å². The normalized spacial score (nSPS) is 10.7. The summed E-state index contributed by atoms with van der Waals surface area (Å²) in [5, 5.41) is 9.22. The van der Waals surface area contributed by atoms with Crippen LogP contribution in [-0.4, -0.2) is 22.2 Å². The zero-order valence-corrected chi connectivity index (χ0v) is 11.0. The van der Waals surface area contributed by atoms with Crippen LogP contribution in [0.1, 0.15) is 27.9 Å². The summed E-state index contributed by atoms with van der Waals surface area (Å²) in [6.07, 6.45) is 2.92. The summed E-state index contributed by atoms with van der Waals surface area (Å²) in [7, 11) is 0. The maximum atomic E-state index is 11.9. The molecule has 17 heavy (non-hydrogen) atoms. The van der Waals surface area contributed by atoms with Gasteiger partial charge in [-0.15, -0.1) is 0 Å². The van der Waals surface area contributed by atoms with Gasteiger partial charge in [0, 0.05) is 23.4 Å². The fraction of sp³-hybridized carbons (Fsp3) is 0.231. The standard InChI is InChI=1S/C13H13BrO3/c1-9-3-2-4-11(12(15)7-8-14)10(9)5-6-13(16)17/h2-6H,7-8H2,1H3,(H,16,17)/b6-5+. The molecule has 0 aliphatic heterocycles. The van der Waals surface area contributed by atoms with E-state index in [1.807, 2.05) is 13.0 Å². The van der Waals surface area contributed by atoms with Gasteiger partial charge < -0.3 is 5.11 Å². The van der Waals surface area contributed by atoms with Crippen LogP contribution >= 0.6 is 15.9 Å². The number of carboxylic acid groups (broad SMARTS) is 1. The molecule has 0 spiro atoms. The number of aliphatic carboxylic acids is 1. The number of hydrogen-bond acceptors (Lipinski definition) is 2. The van der Waals surface area contributed by atoms with Gasteiger partial charge in [-0.25, -0.2) is 4.79 Å². The first-order valence-corrected chi connectivity index (χ1v) is 6.28. The van der Waals surface area contributed by atoms with Gasteiger partial charge in [0.2, 0.25) is 0 Å². The highest BCUT2D eigenvalue weighted by atomic mass is 79.9. The Hall–Kier alpha value is -1.42. The predicted octanol–water partition coefficient (Wildman–Crippen LogP) is 3.06. The molecule has 4 heteroatoms. The largest absolute Gasteiger partial charge is 0.478 e. The van der Waals surface area contributed by atoms with Crippen LogP contribution in [0.2, 0.25) is 0 Å². The first kappa shape index (κ1) is 13.6. The maximum Gasteiger partial charge on any atom is 0.328 e. The summed E-state index contributed by atoms with van der Waals surface area (Å²) in [5.41, 5.74) is 2.14. The van der Waals surface area contributed by atoms with Crippen molar-refractivity contribution in [1.82, 2.24) is 0 Å². The third-order valence-corrected chi connectivity index (χ3v) is 2.74. The fourth-order valence-corrected chi connectivity index (χ4v) is 1.88. The number of carboxylic acids is 1. The average molecular weight is 297 g/mol. The number of alkyl halides is 1. The van der Waals surface area contributed by atoms with Crippen LogP contribution in [0, 0.1) is 6.92 Å². The van der Waals surface area contributed by atoms with Crippen molar-refractivity contribution in [3.63, 3.8) is 0 Å². The minimum absolute atomic E-state index is 0.00983. The SMILES string of the molecule is Cc1cccc(C(=O)CCBr)c1/C=C/C(=O)O. The molecule has 1 aromatic carbocycles. The van der Waals surface area contributed by atoms with E-state index in [0.717, 1.165) is 11.6 Å². The number of aryl methyl sites for hydroxylation is 1. The van der Waals surface area contributed by atoms with Gasteiger partial charge in [-0.3, -0.25) is 4.79 Å². The lowest BCUT2D eigenvalue weighted by molar-refractivity contribution is -0.131. The van der Waals surface area contributed by atoms with Gasteiger partial charge in [0.25, 0.3) is 0 Å². The smallest absolute Gasteiger partial charge is 0.328 e. The van der Waals surface area contributed by atoms with E-state index in [2.05, 4.69) is 15.9 Å². The van der Waals surface area contributed by atoms with Gasteiger partial charge in [0.15, 0.2) is 5.78 Å². The summed E-state index contributed by atoms with van der Waals surface area (Å²) in [4.78, 5) is 22.4. The van der Waals surface area contributed by atoms with E-state index in [9.17, 15) is 9.59 Å². The van der Waals surface area contributed by atoms with Crippen molar-refractivity contribution < 1.29 is 14.7 Å². The predicted molar refractivity (Wildman–Crippen MR) is 70.6 cm³/mol. The Morgan fingerprint density at radius 3 is 2.71 bits per heavy atom. The molecule has 3 nitrogen and oxygen atoms in total. The van der Waals surface area contributed by atoms with E-state index >= 15 is 0 Å². The number of ketones is 1. The van der Waals surface area contributed by atoms with Crippen molar-refractivity contribution >= 4 is 33.8 Å². The average Bonchev–Trinajstić information content (AvgIpc) is 2.27. The van der Waals surface area contributed by atoms with Gasteiger partial charge in [0.05, 0.1) is 0 Å². The molecule has 0 saturated heterocycles. The molecule has 90 valence electrons. The topological polar surface area (TPSA) is 54.4 Å². The molecule has 0 aliphatic rings. The lowest BCUT2D eigenvalue weighted by atomic mass is 9.97. The number of Topliss-reactive ketones (excluding diaryl/α,β-unsaturated/α-hetero) is 1. The maximum absolute atomic E-state index is 11.9. The number of benzene rings is 1. The van der Waals surface area contributed by atoms with E-state index < -0.39 is 5.97 Å². The van der Waals surface area contributed by atoms with E-state index in [1.54, 1.807) is 12.1 Å². The Kier molecular flexibility index (Phi) is 5.10. The van der Waals surface area contributed by atoms with Crippen molar-refractivity contribution in [2.45, 2.75) is 13.3 Å². The van der Waals surface area contributed by atoms with Crippen LogP contribution in [-0.2, 0) is 4.79 Å². The van der Waals surface area contributed by atoms with Crippen molar-refractivity contribution in [3.8, 4) is 0 Å². The van der Waals surface area contributed by atoms with Crippen LogP contribution < -0.4 is 0 Å². The second-order valence-corrected chi connectivity index (χ2v) is 4.36. The summed E-state index contributed by atoms with van der Waals surface area (Å²) in [6.45, 7) is 1.85. The molecular formula is C13H13BrO3. The zero-order valence-electron chi connectivity index (χ0n) is 9.44. The lowest BCUT2D eigenvalue weighted by Crippen LogP contribution is -2.03. The van der Waals surface area contributed by atoms with Crippen LogP contribution in [0.25, 0.3) is 6.08 Å². The minimum Gasteiger partial charge on any atom is -0.478 e. The Morgan fingerprint density at radius 2 is 2.12 bits per heavy atom. The zero-order chi connectivity index (χ0) is 12.8. The molecule has 0 bridgehead atoms. The highest BCUT2D eigenvalue weighted by molar-refractivity contribution is 9.09. The molecule has 1 rings (SSSR count). The molecule has 0 saturated carbocycles. The van der Waals surface area contributed by atoms with Crippen molar-refractivity contribution in [2.75, 3.05) is 5.33 Å². The molecule has 1 N–H and O–H groups in total. The van der Waals surface area contributed by atoms with Gasteiger partial charge in [-0.1, -0.05) is 34.1 Å². The highest BCUT2D eigenvalue weighted by Crippen LogP contribution is 2.18. The Balaban J connectivity index is 3.17. The molecule has 0 heterocycles. The van der Waals surface area contributed by atoms with E-state index in [1.165, 1.54) is 6.08 Å². The van der Waals surface area contributed by atoms with Gasteiger partial charge in [-0.05, 0) is 24.1 Å². The van der Waals surface area contributed by atoms with Crippen LogP contribution in [0.5, 0.6) is 0 Å². The number of hydrogen-bond donors (Lipinski definition) is 1. The molecule has 0 fully saturated rings. The monoisotopic (exact) mass is 296 g/mol. The second-order valence-electron chi connectivity index (χ2n) is 3.57. The summed E-state index contributed by atoms with van der Waals surface area (Å²) >= 11 is 3.22. The Bertz CT molecular complexity index is 464. The first-order chi connectivity index (χ1) is 8.06. The third-order valence-electron chi connectivity index (χ3n) is 2.34.